The standard InChI is InChI=1S/C26H26ClFN4O4/c1-16(35-2)23(17-7-4-3-5-8-17)32-14-18(13-29-32)24(33)31-12-6-11-26(15-31)21-20(30-25(34)36-26)10-9-19(27)22(21)28/h3-5,7-10,13-14,16,23H,6,11-12,15H2,1-2H3,(H,30,34)/t16-,23-,26-/m0/s1. The molecule has 1 N–H and O–H groups in total. The molecule has 8 nitrogen and oxygen atoms in total. The summed E-state index contributed by atoms with van der Waals surface area (Å²) in [6, 6.07) is 12.5. The van der Waals surface area contributed by atoms with Gasteiger partial charge in [-0.15, -0.1) is 0 Å². The molecule has 0 bridgehead atoms. The van der Waals surface area contributed by atoms with E-state index in [1.54, 1.807) is 29.0 Å². The highest BCUT2D eigenvalue weighted by atomic mass is 35.5. The van der Waals surface area contributed by atoms with Crippen LogP contribution >= 0.6 is 11.6 Å². The number of nitrogens with one attached hydrogen (secondary N) is 1. The van der Waals surface area contributed by atoms with E-state index < -0.39 is 17.5 Å². The lowest BCUT2D eigenvalue weighted by atomic mass is 9.83. The van der Waals surface area contributed by atoms with E-state index in [9.17, 15) is 9.59 Å². The Bertz CT molecular complexity index is 1300. The average Bonchev–Trinajstić information content (AvgIpc) is 3.36. The number of aromatic nitrogens is 2. The fraction of sp³-hybridized carbons (Fsp3) is 0.346. The van der Waals surface area contributed by atoms with Crippen molar-refractivity contribution in [3.8, 4) is 0 Å². The van der Waals surface area contributed by atoms with Gasteiger partial charge in [-0.25, -0.2) is 9.18 Å². The third-order valence-electron chi connectivity index (χ3n) is 6.91. The molecule has 3 aromatic rings. The number of rotatable bonds is 5. The first-order valence-corrected chi connectivity index (χ1v) is 12.1. The molecule has 1 saturated heterocycles. The molecule has 0 unspecified atom stereocenters. The van der Waals surface area contributed by atoms with Crippen LogP contribution in [0.25, 0.3) is 0 Å². The number of benzene rings is 2. The largest absolute Gasteiger partial charge is 0.436 e. The first-order chi connectivity index (χ1) is 17.3. The number of likely N-dealkylation sites (tertiary alicyclic amines) is 1. The van der Waals surface area contributed by atoms with Crippen molar-refractivity contribution in [2.75, 3.05) is 25.5 Å². The summed E-state index contributed by atoms with van der Waals surface area (Å²) < 4.78 is 28.1. The number of hydrogen-bond donors (Lipinski definition) is 1. The Morgan fingerprint density at radius 2 is 2.06 bits per heavy atom. The predicted molar refractivity (Wildman–Crippen MR) is 132 cm³/mol. The van der Waals surface area contributed by atoms with Gasteiger partial charge in [0.05, 0.1) is 40.7 Å². The highest BCUT2D eigenvalue weighted by Gasteiger charge is 2.48. The number of hydrogen-bond acceptors (Lipinski definition) is 5. The second-order valence-corrected chi connectivity index (χ2v) is 9.54. The minimum atomic E-state index is -1.33. The molecule has 3 heterocycles. The highest BCUT2D eigenvalue weighted by Crippen LogP contribution is 2.45. The molecule has 1 spiro atoms. The van der Waals surface area contributed by atoms with Crippen LogP contribution in [0.15, 0.2) is 54.9 Å². The van der Waals surface area contributed by atoms with Crippen LogP contribution in [-0.2, 0) is 15.1 Å². The Hall–Kier alpha value is -3.43. The van der Waals surface area contributed by atoms with Crippen LogP contribution in [0.3, 0.4) is 0 Å². The molecule has 2 amide bonds. The van der Waals surface area contributed by atoms with Gasteiger partial charge in [0, 0.05) is 19.9 Å². The Morgan fingerprint density at radius 3 is 2.81 bits per heavy atom. The molecular formula is C26H26ClFN4O4. The number of methoxy groups -OCH3 is 1. The lowest BCUT2D eigenvalue weighted by Gasteiger charge is -2.45. The van der Waals surface area contributed by atoms with Gasteiger partial charge in [0.2, 0.25) is 0 Å². The first-order valence-electron chi connectivity index (χ1n) is 11.7. The van der Waals surface area contributed by atoms with Crippen molar-refractivity contribution < 1.29 is 23.5 Å². The highest BCUT2D eigenvalue weighted by molar-refractivity contribution is 6.31. The molecule has 1 aromatic heterocycles. The maximum Gasteiger partial charge on any atom is 0.412 e. The van der Waals surface area contributed by atoms with Gasteiger partial charge < -0.3 is 14.4 Å². The second-order valence-electron chi connectivity index (χ2n) is 9.13. The summed E-state index contributed by atoms with van der Waals surface area (Å²) in [5, 5.41) is 6.93. The normalized spacial score (nSPS) is 20.9. The summed E-state index contributed by atoms with van der Waals surface area (Å²) in [5.74, 6) is -0.939. The van der Waals surface area contributed by atoms with Crippen molar-refractivity contribution in [1.82, 2.24) is 14.7 Å². The zero-order chi connectivity index (χ0) is 25.4. The molecule has 188 valence electrons. The fourth-order valence-corrected chi connectivity index (χ4v) is 5.31. The molecule has 0 saturated carbocycles. The summed E-state index contributed by atoms with van der Waals surface area (Å²) in [7, 11) is 1.63. The third kappa shape index (κ3) is 4.22. The molecule has 2 aromatic carbocycles. The molecule has 2 aliphatic heterocycles. The zero-order valence-corrected chi connectivity index (χ0v) is 20.7. The van der Waals surface area contributed by atoms with E-state index in [1.165, 1.54) is 12.3 Å². The Morgan fingerprint density at radius 1 is 1.28 bits per heavy atom. The van der Waals surface area contributed by atoms with E-state index in [0.717, 1.165) is 5.56 Å². The van der Waals surface area contributed by atoms with E-state index >= 15 is 4.39 Å². The lowest BCUT2D eigenvalue weighted by molar-refractivity contribution is -0.0418. The number of ether oxygens (including phenoxy) is 2. The number of amides is 2. The van der Waals surface area contributed by atoms with E-state index in [1.807, 2.05) is 37.3 Å². The van der Waals surface area contributed by atoms with Crippen molar-refractivity contribution in [2.24, 2.45) is 0 Å². The van der Waals surface area contributed by atoms with Crippen LogP contribution in [-0.4, -0.2) is 53.0 Å². The molecule has 0 radical (unpaired) electrons. The van der Waals surface area contributed by atoms with Crippen molar-refractivity contribution >= 4 is 29.3 Å². The summed E-state index contributed by atoms with van der Waals surface area (Å²) >= 11 is 6.05. The van der Waals surface area contributed by atoms with Crippen LogP contribution in [0.5, 0.6) is 0 Å². The molecule has 0 aliphatic carbocycles. The third-order valence-corrected chi connectivity index (χ3v) is 7.20. The maximum atomic E-state index is 15.2. The van der Waals surface area contributed by atoms with Gasteiger partial charge >= 0.3 is 6.09 Å². The van der Waals surface area contributed by atoms with Crippen LogP contribution in [0.2, 0.25) is 5.02 Å². The summed E-state index contributed by atoms with van der Waals surface area (Å²) in [4.78, 5) is 27.5. The van der Waals surface area contributed by atoms with Crippen molar-refractivity contribution in [3.05, 3.63) is 82.4 Å². The topological polar surface area (TPSA) is 85.7 Å². The van der Waals surface area contributed by atoms with Crippen LogP contribution in [0.1, 0.15) is 47.3 Å². The molecule has 2 aliphatic rings. The number of carbonyl (C=O) groups is 2. The number of halogens is 2. The van der Waals surface area contributed by atoms with Crippen LogP contribution in [0.4, 0.5) is 14.9 Å². The van der Waals surface area contributed by atoms with Crippen LogP contribution in [0, 0.1) is 5.82 Å². The van der Waals surface area contributed by atoms with Gasteiger partial charge in [0.15, 0.2) is 11.4 Å². The first kappa shape index (κ1) is 24.3. The monoisotopic (exact) mass is 512 g/mol. The Balaban J connectivity index is 1.44. The van der Waals surface area contributed by atoms with E-state index in [-0.39, 0.29) is 35.2 Å². The minimum absolute atomic E-state index is 0.00524. The quantitative estimate of drug-likeness (QED) is 0.520. The Kier molecular flexibility index (Phi) is 6.44. The second kappa shape index (κ2) is 9.55. The van der Waals surface area contributed by atoms with Crippen molar-refractivity contribution in [2.45, 2.75) is 37.5 Å². The minimum Gasteiger partial charge on any atom is -0.436 e. The average molecular weight is 513 g/mol. The SMILES string of the molecule is CO[C@@H](C)[C@@H](c1ccccc1)n1cc(C(=O)N2CCC[C@@]3(C2)OC(=O)Nc2ccc(Cl)c(F)c23)cn1. The molecule has 5 rings (SSSR count). The number of anilines is 1. The molecule has 36 heavy (non-hydrogen) atoms. The van der Waals surface area contributed by atoms with Crippen LogP contribution < -0.4 is 5.32 Å². The van der Waals surface area contributed by atoms with Crippen molar-refractivity contribution in [3.63, 3.8) is 0 Å². The molecule has 10 heteroatoms. The van der Waals surface area contributed by atoms with E-state index in [2.05, 4.69) is 10.4 Å². The zero-order valence-electron chi connectivity index (χ0n) is 19.9. The van der Waals surface area contributed by atoms with Crippen molar-refractivity contribution in [1.29, 1.82) is 0 Å². The predicted octanol–water partition coefficient (Wildman–Crippen LogP) is 4.99. The number of nitrogens with zero attached hydrogens (tertiary/aromatic N) is 3. The van der Waals surface area contributed by atoms with Gasteiger partial charge in [-0.1, -0.05) is 41.9 Å². The Labute approximate surface area is 212 Å². The number of piperidine rings is 1. The van der Waals surface area contributed by atoms with Gasteiger partial charge in [0.25, 0.3) is 5.91 Å². The van der Waals surface area contributed by atoms with Gasteiger partial charge in [-0.3, -0.25) is 14.8 Å². The smallest absolute Gasteiger partial charge is 0.412 e. The van der Waals surface area contributed by atoms with E-state index in [4.69, 9.17) is 21.1 Å². The maximum absolute atomic E-state index is 15.2. The van der Waals surface area contributed by atoms with Gasteiger partial charge in [0.1, 0.15) is 6.04 Å². The fourth-order valence-electron chi connectivity index (χ4n) is 5.15. The van der Waals surface area contributed by atoms with Gasteiger partial charge in [-0.05, 0) is 37.5 Å². The summed E-state index contributed by atoms with van der Waals surface area (Å²) in [6.45, 7) is 2.38. The number of fused-ring (bicyclic) bond motifs is 2. The van der Waals surface area contributed by atoms with Gasteiger partial charge in [-0.2, -0.15) is 5.10 Å². The summed E-state index contributed by atoms with van der Waals surface area (Å²) in [6.07, 6.45) is 3.21. The lowest BCUT2D eigenvalue weighted by Crippen LogP contribution is -2.53. The van der Waals surface area contributed by atoms with E-state index in [0.29, 0.717) is 30.6 Å². The molecule has 3 atom stereocenters. The summed E-state index contributed by atoms with van der Waals surface area (Å²) in [5.41, 5.74) is 0.517. The number of carbonyl (C=O) groups excluding carboxylic acids is 2. The molecular weight excluding hydrogens is 487 g/mol. The molecule has 1 fully saturated rings.